The van der Waals surface area contributed by atoms with Gasteiger partial charge in [-0.15, -0.1) is 0 Å². The summed E-state index contributed by atoms with van der Waals surface area (Å²) in [6.45, 7) is 0.828. The number of aromatic nitrogens is 5. The minimum Gasteiger partial charge on any atom is -0.391 e. The SMILES string of the molecule is O[C@@H]1CC(Cn2cccn2)C[C@H]1Nc1nccc2ncncc12. The van der Waals surface area contributed by atoms with Crippen molar-refractivity contribution in [3.05, 3.63) is 43.2 Å². The van der Waals surface area contributed by atoms with Crippen LogP contribution in [0, 0.1) is 5.92 Å². The second-order valence-electron chi connectivity index (χ2n) is 6.00. The second kappa shape index (κ2) is 5.92. The van der Waals surface area contributed by atoms with Crippen molar-refractivity contribution in [3.63, 3.8) is 0 Å². The summed E-state index contributed by atoms with van der Waals surface area (Å²) in [7, 11) is 0. The molecule has 0 radical (unpaired) electrons. The maximum atomic E-state index is 10.4. The van der Waals surface area contributed by atoms with Crippen LogP contribution in [-0.4, -0.2) is 42.0 Å². The normalized spacial score (nSPS) is 24.1. The number of hydrogen-bond acceptors (Lipinski definition) is 6. The van der Waals surface area contributed by atoms with E-state index < -0.39 is 6.10 Å². The molecule has 23 heavy (non-hydrogen) atoms. The van der Waals surface area contributed by atoms with E-state index in [-0.39, 0.29) is 6.04 Å². The molecule has 3 aromatic heterocycles. The number of fused-ring (bicyclic) bond motifs is 1. The molecule has 1 aliphatic rings. The lowest BCUT2D eigenvalue weighted by molar-refractivity contribution is 0.166. The zero-order chi connectivity index (χ0) is 15.6. The van der Waals surface area contributed by atoms with Crippen LogP contribution in [0.15, 0.2) is 43.2 Å². The van der Waals surface area contributed by atoms with Crippen LogP contribution >= 0.6 is 0 Å². The molecule has 3 heterocycles. The van der Waals surface area contributed by atoms with Gasteiger partial charge in [0.1, 0.15) is 12.1 Å². The number of nitrogens with zero attached hydrogens (tertiary/aromatic N) is 5. The van der Waals surface area contributed by atoms with Gasteiger partial charge in [-0.05, 0) is 30.9 Å². The van der Waals surface area contributed by atoms with E-state index in [0.717, 1.165) is 36.1 Å². The van der Waals surface area contributed by atoms with Crippen molar-refractivity contribution in [1.29, 1.82) is 0 Å². The van der Waals surface area contributed by atoms with Crippen molar-refractivity contribution >= 4 is 16.7 Å². The monoisotopic (exact) mass is 310 g/mol. The number of aliphatic hydroxyl groups is 1. The highest BCUT2D eigenvalue weighted by molar-refractivity contribution is 5.88. The van der Waals surface area contributed by atoms with E-state index >= 15 is 0 Å². The summed E-state index contributed by atoms with van der Waals surface area (Å²) < 4.78 is 1.92. The summed E-state index contributed by atoms with van der Waals surface area (Å²) in [5.41, 5.74) is 0.845. The number of anilines is 1. The Bertz CT molecular complexity index is 785. The van der Waals surface area contributed by atoms with Crippen LogP contribution in [0.2, 0.25) is 0 Å². The van der Waals surface area contributed by atoms with Gasteiger partial charge in [0, 0.05) is 31.3 Å². The minimum atomic E-state index is -0.391. The Labute approximate surface area is 133 Å². The summed E-state index contributed by atoms with van der Waals surface area (Å²) in [6, 6.07) is 3.75. The van der Waals surface area contributed by atoms with E-state index in [2.05, 4.69) is 25.4 Å². The smallest absolute Gasteiger partial charge is 0.137 e. The highest BCUT2D eigenvalue weighted by Gasteiger charge is 2.33. The third-order valence-corrected chi connectivity index (χ3v) is 4.39. The average molecular weight is 310 g/mol. The van der Waals surface area contributed by atoms with E-state index in [4.69, 9.17) is 0 Å². The third-order valence-electron chi connectivity index (χ3n) is 4.39. The number of aliphatic hydroxyl groups excluding tert-OH is 1. The molecule has 0 saturated heterocycles. The Morgan fingerprint density at radius 3 is 3.09 bits per heavy atom. The van der Waals surface area contributed by atoms with Gasteiger partial charge in [-0.25, -0.2) is 15.0 Å². The molecule has 0 aliphatic heterocycles. The number of pyridine rings is 1. The fraction of sp³-hybridized carbons (Fsp3) is 0.375. The van der Waals surface area contributed by atoms with Gasteiger partial charge >= 0.3 is 0 Å². The number of rotatable bonds is 4. The van der Waals surface area contributed by atoms with Gasteiger partial charge < -0.3 is 10.4 Å². The van der Waals surface area contributed by atoms with Gasteiger partial charge in [0.05, 0.1) is 23.0 Å². The molecule has 4 rings (SSSR count). The van der Waals surface area contributed by atoms with Gasteiger partial charge in [-0.2, -0.15) is 5.10 Å². The number of nitrogens with one attached hydrogen (secondary N) is 1. The zero-order valence-corrected chi connectivity index (χ0v) is 12.6. The molecule has 0 bridgehead atoms. The standard InChI is InChI=1S/C16H18N6O/c23-15-7-11(9-22-5-1-3-20-22)6-14(15)21-16-12-8-17-10-19-13(12)2-4-18-16/h1-5,8,10-11,14-15,23H,6-7,9H2,(H,18,21)/t11?,14-,15-/m1/s1. The first-order valence-corrected chi connectivity index (χ1v) is 7.76. The molecule has 118 valence electrons. The predicted molar refractivity (Wildman–Crippen MR) is 85.7 cm³/mol. The molecule has 0 spiro atoms. The Hall–Kier alpha value is -2.54. The molecule has 7 nitrogen and oxygen atoms in total. The van der Waals surface area contributed by atoms with Gasteiger partial charge in [-0.1, -0.05) is 0 Å². The lowest BCUT2D eigenvalue weighted by atomic mass is 10.1. The second-order valence-corrected chi connectivity index (χ2v) is 6.00. The van der Waals surface area contributed by atoms with E-state index in [1.54, 1.807) is 18.6 Å². The molecule has 0 amide bonds. The van der Waals surface area contributed by atoms with Gasteiger partial charge in [0.2, 0.25) is 0 Å². The topological polar surface area (TPSA) is 88.8 Å². The fourth-order valence-corrected chi connectivity index (χ4v) is 3.29. The van der Waals surface area contributed by atoms with E-state index in [1.807, 2.05) is 23.0 Å². The molecule has 3 aromatic rings. The molecule has 1 aliphatic carbocycles. The molecule has 2 N–H and O–H groups in total. The molecular weight excluding hydrogens is 292 g/mol. The van der Waals surface area contributed by atoms with Crippen molar-refractivity contribution in [3.8, 4) is 0 Å². The van der Waals surface area contributed by atoms with Crippen molar-refractivity contribution < 1.29 is 5.11 Å². The van der Waals surface area contributed by atoms with E-state index in [0.29, 0.717) is 5.92 Å². The van der Waals surface area contributed by atoms with Crippen LogP contribution in [0.25, 0.3) is 10.9 Å². The zero-order valence-electron chi connectivity index (χ0n) is 12.6. The maximum absolute atomic E-state index is 10.4. The fourth-order valence-electron chi connectivity index (χ4n) is 3.29. The van der Waals surface area contributed by atoms with Crippen molar-refractivity contribution in [2.45, 2.75) is 31.5 Å². The van der Waals surface area contributed by atoms with Crippen LogP contribution in [-0.2, 0) is 6.54 Å². The number of hydrogen-bond donors (Lipinski definition) is 2. The van der Waals surface area contributed by atoms with Gasteiger partial charge in [-0.3, -0.25) is 4.68 Å². The largest absolute Gasteiger partial charge is 0.391 e. The first kappa shape index (κ1) is 14.1. The van der Waals surface area contributed by atoms with Crippen molar-refractivity contribution in [2.24, 2.45) is 5.92 Å². The molecule has 3 atom stereocenters. The van der Waals surface area contributed by atoms with Crippen LogP contribution in [0.3, 0.4) is 0 Å². The average Bonchev–Trinajstić information content (AvgIpc) is 3.18. The Morgan fingerprint density at radius 1 is 1.26 bits per heavy atom. The quantitative estimate of drug-likeness (QED) is 0.758. The van der Waals surface area contributed by atoms with Crippen molar-refractivity contribution in [2.75, 3.05) is 5.32 Å². The summed E-state index contributed by atoms with van der Waals surface area (Å²) in [5, 5.41) is 18.9. The van der Waals surface area contributed by atoms with E-state index in [9.17, 15) is 5.11 Å². The summed E-state index contributed by atoms with van der Waals surface area (Å²) >= 11 is 0. The highest BCUT2D eigenvalue weighted by atomic mass is 16.3. The first-order valence-electron chi connectivity index (χ1n) is 7.76. The summed E-state index contributed by atoms with van der Waals surface area (Å²) in [4.78, 5) is 12.7. The Balaban J connectivity index is 1.50. The van der Waals surface area contributed by atoms with Crippen LogP contribution in [0.5, 0.6) is 0 Å². The van der Waals surface area contributed by atoms with Crippen LogP contribution < -0.4 is 5.32 Å². The summed E-state index contributed by atoms with van der Waals surface area (Å²) in [6.07, 6.45) is 9.98. The molecule has 1 fully saturated rings. The van der Waals surface area contributed by atoms with Crippen molar-refractivity contribution in [1.82, 2.24) is 24.7 Å². The lowest BCUT2D eigenvalue weighted by Crippen LogP contribution is -2.28. The first-order chi connectivity index (χ1) is 11.3. The third kappa shape index (κ3) is 2.87. The Kier molecular flexibility index (Phi) is 3.63. The van der Waals surface area contributed by atoms with Crippen LogP contribution in [0.1, 0.15) is 12.8 Å². The van der Waals surface area contributed by atoms with Gasteiger partial charge in [0.15, 0.2) is 0 Å². The molecule has 1 saturated carbocycles. The molecule has 7 heteroatoms. The summed E-state index contributed by atoms with van der Waals surface area (Å²) in [5.74, 6) is 1.13. The molecule has 1 unspecified atom stereocenters. The Morgan fingerprint density at radius 2 is 2.22 bits per heavy atom. The van der Waals surface area contributed by atoms with Crippen LogP contribution in [0.4, 0.5) is 5.82 Å². The van der Waals surface area contributed by atoms with Gasteiger partial charge in [0.25, 0.3) is 0 Å². The maximum Gasteiger partial charge on any atom is 0.137 e. The lowest BCUT2D eigenvalue weighted by Gasteiger charge is -2.18. The molecule has 0 aromatic carbocycles. The minimum absolute atomic E-state index is 0.0196. The molecular formula is C16H18N6O. The highest BCUT2D eigenvalue weighted by Crippen LogP contribution is 2.30. The van der Waals surface area contributed by atoms with E-state index in [1.165, 1.54) is 6.33 Å². The predicted octanol–water partition coefficient (Wildman–Crippen LogP) is 1.47.